The Labute approximate surface area is 153 Å². The van der Waals surface area contributed by atoms with E-state index < -0.39 is 0 Å². The lowest BCUT2D eigenvalue weighted by Crippen LogP contribution is -2.44. The number of hydrogen-bond donors (Lipinski definition) is 0. The Bertz CT molecular complexity index is 830. The number of hydrogen-bond acceptors (Lipinski definition) is 7. The minimum atomic E-state index is 0.321. The second kappa shape index (κ2) is 7.93. The first-order chi connectivity index (χ1) is 12.6. The monoisotopic (exact) mass is 354 g/mol. The molecule has 0 unspecified atom stereocenters. The summed E-state index contributed by atoms with van der Waals surface area (Å²) in [4.78, 5) is 8.60. The SMILES string of the molecule is COc1ccc(C=Cc2nc(C#N)c(N3CCN(C)CC3)o2)cc1OC. The van der Waals surface area contributed by atoms with Gasteiger partial charge in [0.2, 0.25) is 17.5 Å². The summed E-state index contributed by atoms with van der Waals surface area (Å²) in [5, 5.41) is 9.36. The molecule has 0 saturated carbocycles. The highest BCUT2D eigenvalue weighted by Gasteiger charge is 2.22. The van der Waals surface area contributed by atoms with Crippen molar-refractivity contribution in [3.8, 4) is 17.6 Å². The Morgan fingerprint density at radius 2 is 1.85 bits per heavy atom. The molecule has 0 radical (unpaired) electrons. The molecule has 0 bridgehead atoms. The van der Waals surface area contributed by atoms with Gasteiger partial charge in [-0.05, 0) is 30.8 Å². The fraction of sp³-hybridized carbons (Fsp3) is 0.368. The van der Waals surface area contributed by atoms with E-state index in [9.17, 15) is 5.26 Å². The maximum atomic E-state index is 9.36. The second-order valence-corrected chi connectivity index (χ2v) is 6.06. The second-order valence-electron chi connectivity index (χ2n) is 6.06. The van der Waals surface area contributed by atoms with Crippen LogP contribution in [0.3, 0.4) is 0 Å². The molecule has 7 heteroatoms. The molecule has 1 saturated heterocycles. The van der Waals surface area contributed by atoms with Gasteiger partial charge in [0.15, 0.2) is 11.5 Å². The number of piperazine rings is 1. The highest BCUT2D eigenvalue weighted by Crippen LogP contribution is 2.29. The van der Waals surface area contributed by atoms with Gasteiger partial charge in [-0.15, -0.1) is 0 Å². The van der Waals surface area contributed by atoms with Crippen molar-refractivity contribution in [3.05, 3.63) is 35.3 Å². The van der Waals surface area contributed by atoms with E-state index in [2.05, 4.69) is 27.9 Å². The molecule has 1 aromatic carbocycles. The molecule has 2 heterocycles. The molecule has 1 aromatic heterocycles. The summed E-state index contributed by atoms with van der Waals surface area (Å²) in [6, 6.07) is 7.74. The number of aromatic nitrogens is 1. The van der Waals surface area contributed by atoms with Crippen LogP contribution in [0.1, 0.15) is 17.1 Å². The van der Waals surface area contributed by atoms with Gasteiger partial charge in [-0.2, -0.15) is 10.2 Å². The molecule has 0 N–H and O–H groups in total. The van der Waals surface area contributed by atoms with Crippen LogP contribution in [0.5, 0.6) is 11.5 Å². The summed E-state index contributed by atoms with van der Waals surface area (Å²) < 4.78 is 16.4. The zero-order valence-electron chi connectivity index (χ0n) is 15.2. The Morgan fingerprint density at radius 1 is 1.12 bits per heavy atom. The highest BCUT2D eigenvalue weighted by atomic mass is 16.5. The number of likely N-dealkylation sites (N-methyl/N-ethyl adjacent to an activating group) is 1. The molecular weight excluding hydrogens is 332 g/mol. The first-order valence-corrected chi connectivity index (χ1v) is 8.39. The van der Waals surface area contributed by atoms with Gasteiger partial charge in [0.1, 0.15) is 6.07 Å². The normalized spacial score (nSPS) is 15.2. The molecule has 0 aliphatic carbocycles. The number of nitrogens with zero attached hydrogens (tertiary/aromatic N) is 4. The van der Waals surface area contributed by atoms with Gasteiger partial charge in [0.05, 0.1) is 14.2 Å². The Morgan fingerprint density at radius 3 is 2.50 bits per heavy atom. The third-order valence-corrected chi connectivity index (χ3v) is 4.35. The minimum Gasteiger partial charge on any atom is -0.493 e. The molecule has 7 nitrogen and oxygen atoms in total. The molecule has 2 aromatic rings. The van der Waals surface area contributed by atoms with E-state index in [-0.39, 0.29) is 0 Å². The molecular formula is C19H22N4O3. The smallest absolute Gasteiger partial charge is 0.235 e. The fourth-order valence-corrected chi connectivity index (χ4v) is 2.82. The zero-order valence-corrected chi connectivity index (χ0v) is 15.2. The van der Waals surface area contributed by atoms with Crippen molar-refractivity contribution in [3.63, 3.8) is 0 Å². The van der Waals surface area contributed by atoms with Gasteiger partial charge in [-0.25, -0.2) is 0 Å². The standard InChI is InChI=1S/C19H22N4O3/c1-22-8-10-23(11-9-22)19-15(13-20)21-18(26-19)7-5-14-4-6-16(24-2)17(12-14)25-3/h4-7,12H,8-11H2,1-3H3. The van der Waals surface area contributed by atoms with Gasteiger partial charge < -0.3 is 23.7 Å². The molecule has 0 amide bonds. The van der Waals surface area contributed by atoms with Crippen LogP contribution < -0.4 is 14.4 Å². The summed E-state index contributed by atoms with van der Waals surface area (Å²) in [5.74, 6) is 2.28. The van der Waals surface area contributed by atoms with Gasteiger partial charge in [0, 0.05) is 32.3 Å². The lowest BCUT2D eigenvalue weighted by Gasteiger charge is -2.31. The maximum Gasteiger partial charge on any atom is 0.235 e. The third-order valence-electron chi connectivity index (χ3n) is 4.35. The van der Waals surface area contributed by atoms with Crippen LogP contribution in [-0.4, -0.2) is 57.3 Å². The number of nitriles is 1. The molecule has 26 heavy (non-hydrogen) atoms. The van der Waals surface area contributed by atoms with Crippen LogP contribution in [0.25, 0.3) is 12.2 Å². The molecule has 3 rings (SSSR count). The number of methoxy groups -OCH3 is 2. The van der Waals surface area contributed by atoms with Crippen molar-refractivity contribution in [1.82, 2.24) is 9.88 Å². The van der Waals surface area contributed by atoms with Crippen molar-refractivity contribution in [2.45, 2.75) is 0 Å². The Kier molecular flexibility index (Phi) is 5.44. The minimum absolute atomic E-state index is 0.321. The van der Waals surface area contributed by atoms with E-state index in [0.29, 0.717) is 29.0 Å². The number of oxazole rings is 1. The summed E-state index contributed by atoms with van der Waals surface area (Å²) >= 11 is 0. The quantitative estimate of drug-likeness (QED) is 0.816. The largest absolute Gasteiger partial charge is 0.493 e. The van der Waals surface area contributed by atoms with Crippen LogP contribution in [-0.2, 0) is 0 Å². The van der Waals surface area contributed by atoms with Crippen molar-refractivity contribution < 1.29 is 13.9 Å². The lowest BCUT2D eigenvalue weighted by atomic mass is 10.2. The van der Waals surface area contributed by atoms with Crippen LogP contribution in [0.15, 0.2) is 22.6 Å². The van der Waals surface area contributed by atoms with Gasteiger partial charge in [-0.1, -0.05) is 6.07 Å². The summed E-state index contributed by atoms with van der Waals surface area (Å²) in [6.45, 7) is 3.50. The molecule has 136 valence electrons. The van der Waals surface area contributed by atoms with E-state index in [4.69, 9.17) is 13.9 Å². The topological polar surface area (TPSA) is 74.8 Å². The predicted molar refractivity (Wildman–Crippen MR) is 99.4 cm³/mol. The van der Waals surface area contributed by atoms with E-state index >= 15 is 0 Å². The molecule has 1 aliphatic heterocycles. The number of rotatable bonds is 5. The van der Waals surface area contributed by atoms with Crippen molar-refractivity contribution in [2.75, 3.05) is 52.3 Å². The van der Waals surface area contributed by atoms with E-state index in [1.165, 1.54) is 0 Å². The lowest BCUT2D eigenvalue weighted by molar-refractivity contribution is 0.306. The van der Waals surface area contributed by atoms with Crippen LogP contribution in [0, 0.1) is 11.3 Å². The Balaban J connectivity index is 1.80. The molecule has 0 atom stereocenters. The zero-order chi connectivity index (χ0) is 18.5. The first-order valence-electron chi connectivity index (χ1n) is 8.39. The fourth-order valence-electron chi connectivity index (χ4n) is 2.82. The van der Waals surface area contributed by atoms with E-state index in [0.717, 1.165) is 31.7 Å². The van der Waals surface area contributed by atoms with Gasteiger partial charge >= 0.3 is 0 Å². The molecule has 0 spiro atoms. The van der Waals surface area contributed by atoms with Crippen molar-refractivity contribution in [2.24, 2.45) is 0 Å². The molecule has 1 fully saturated rings. The number of benzene rings is 1. The summed E-state index contributed by atoms with van der Waals surface area (Å²) in [7, 11) is 5.28. The van der Waals surface area contributed by atoms with Gasteiger partial charge in [0.25, 0.3) is 0 Å². The summed E-state index contributed by atoms with van der Waals surface area (Å²) in [6.07, 6.45) is 3.62. The van der Waals surface area contributed by atoms with E-state index in [1.807, 2.05) is 24.3 Å². The van der Waals surface area contributed by atoms with Crippen molar-refractivity contribution in [1.29, 1.82) is 5.26 Å². The van der Waals surface area contributed by atoms with Crippen LogP contribution in [0.4, 0.5) is 5.88 Å². The third kappa shape index (κ3) is 3.81. The number of anilines is 1. The average Bonchev–Trinajstić information content (AvgIpc) is 3.10. The predicted octanol–water partition coefficient (Wildman–Crippen LogP) is 2.49. The van der Waals surface area contributed by atoms with Crippen LogP contribution >= 0.6 is 0 Å². The highest BCUT2D eigenvalue weighted by molar-refractivity contribution is 5.69. The average molecular weight is 354 g/mol. The number of ether oxygens (including phenoxy) is 2. The summed E-state index contributed by atoms with van der Waals surface area (Å²) in [5.41, 5.74) is 1.24. The van der Waals surface area contributed by atoms with Crippen LogP contribution in [0.2, 0.25) is 0 Å². The van der Waals surface area contributed by atoms with E-state index in [1.54, 1.807) is 20.3 Å². The maximum absolute atomic E-state index is 9.36. The Hall–Kier alpha value is -2.98. The molecule has 1 aliphatic rings. The first kappa shape index (κ1) is 17.8. The van der Waals surface area contributed by atoms with Gasteiger partial charge in [-0.3, -0.25) is 0 Å². The van der Waals surface area contributed by atoms with Crippen molar-refractivity contribution >= 4 is 18.0 Å².